The molecule has 0 aliphatic carbocycles. The molecule has 1 N–H and O–H groups in total. The van der Waals surface area contributed by atoms with Crippen LogP contribution in [0.15, 0.2) is 18.2 Å². The third-order valence-electron chi connectivity index (χ3n) is 2.38. The van der Waals surface area contributed by atoms with Gasteiger partial charge in [0.05, 0.1) is 17.2 Å². The minimum absolute atomic E-state index is 0.299. The molecular weight excluding hydrogens is 277 g/mol. The highest BCUT2D eigenvalue weighted by Gasteiger charge is 2.33. The van der Waals surface area contributed by atoms with Gasteiger partial charge < -0.3 is 5.32 Å². The van der Waals surface area contributed by atoms with Crippen molar-refractivity contribution in [1.82, 2.24) is 0 Å². The van der Waals surface area contributed by atoms with E-state index >= 15 is 0 Å². The second kappa shape index (κ2) is 6.57. The summed E-state index contributed by atoms with van der Waals surface area (Å²) in [6.45, 7) is 0.433. The third-order valence-corrected chi connectivity index (χ3v) is 3.25. The van der Waals surface area contributed by atoms with E-state index in [0.717, 1.165) is 12.1 Å². The van der Waals surface area contributed by atoms with E-state index in [1.54, 1.807) is 6.26 Å². The Morgan fingerprint density at radius 1 is 1.42 bits per heavy atom. The predicted molar refractivity (Wildman–Crippen MR) is 68.2 cm³/mol. The summed E-state index contributed by atoms with van der Waals surface area (Å²) in [5, 5.41) is 11.5. The van der Waals surface area contributed by atoms with Gasteiger partial charge in [-0.2, -0.15) is 18.4 Å². The third kappa shape index (κ3) is 4.91. The molecule has 0 aromatic heterocycles. The Kier molecular flexibility index (Phi) is 5.36. The standard InChI is InChI=1S/C12H13F3N2OS/c1-19(18)6-2-5-17-10-4-3-9(8-16)11(7-10)12(13,14)15/h3-4,7,17H,2,5-6H2,1H3. The summed E-state index contributed by atoms with van der Waals surface area (Å²) in [6.07, 6.45) is -2.37. The maximum atomic E-state index is 12.7. The number of alkyl halides is 3. The number of benzene rings is 1. The Balaban J connectivity index is 2.77. The minimum atomic E-state index is -4.55. The topological polar surface area (TPSA) is 52.9 Å². The second-order valence-corrected chi connectivity index (χ2v) is 5.48. The van der Waals surface area contributed by atoms with Crippen LogP contribution in [0.5, 0.6) is 0 Å². The van der Waals surface area contributed by atoms with E-state index < -0.39 is 28.1 Å². The van der Waals surface area contributed by atoms with Gasteiger partial charge in [0.15, 0.2) is 0 Å². The zero-order valence-electron chi connectivity index (χ0n) is 10.3. The molecule has 0 aliphatic rings. The van der Waals surface area contributed by atoms with Gasteiger partial charge in [-0.25, -0.2) is 0 Å². The van der Waals surface area contributed by atoms with Crippen LogP contribution < -0.4 is 5.32 Å². The Labute approximate surface area is 111 Å². The van der Waals surface area contributed by atoms with Gasteiger partial charge in [-0.1, -0.05) is 0 Å². The highest BCUT2D eigenvalue weighted by molar-refractivity contribution is 7.84. The number of hydrogen-bond donors (Lipinski definition) is 1. The van der Waals surface area contributed by atoms with E-state index in [4.69, 9.17) is 5.26 Å². The Morgan fingerprint density at radius 2 is 2.11 bits per heavy atom. The van der Waals surface area contributed by atoms with Crippen molar-refractivity contribution in [3.8, 4) is 6.07 Å². The van der Waals surface area contributed by atoms with Crippen molar-refractivity contribution < 1.29 is 17.4 Å². The monoisotopic (exact) mass is 290 g/mol. The summed E-state index contributed by atoms with van der Waals surface area (Å²) in [6, 6.07) is 5.01. The van der Waals surface area contributed by atoms with Crippen molar-refractivity contribution in [1.29, 1.82) is 5.26 Å². The van der Waals surface area contributed by atoms with E-state index in [0.29, 0.717) is 24.4 Å². The van der Waals surface area contributed by atoms with Crippen LogP contribution in [0.1, 0.15) is 17.5 Å². The molecule has 0 aliphatic heterocycles. The second-order valence-electron chi connectivity index (χ2n) is 3.93. The van der Waals surface area contributed by atoms with Crippen molar-refractivity contribution in [3.05, 3.63) is 29.3 Å². The van der Waals surface area contributed by atoms with E-state index in [1.807, 2.05) is 0 Å². The Hall–Kier alpha value is -1.55. The maximum Gasteiger partial charge on any atom is 0.417 e. The SMILES string of the molecule is CS(=O)CCCNc1ccc(C#N)c(C(F)(F)F)c1. The van der Waals surface area contributed by atoms with Crippen LogP contribution >= 0.6 is 0 Å². The number of hydrogen-bond acceptors (Lipinski definition) is 3. The van der Waals surface area contributed by atoms with Crippen LogP contribution in [0.25, 0.3) is 0 Å². The first kappa shape index (κ1) is 15.5. The van der Waals surface area contributed by atoms with Gasteiger partial charge in [0.25, 0.3) is 0 Å². The molecule has 0 heterocycles. The zero-order chi connectivity index (χ0) is 14.5. The molecule has 7 heteroatoms. The normalized spacial score (nSPS) is 12.8. The molecule has 0 spiro atoms. The van der Waals surface area contributed by atoms with Gasteiger partial charge in [0.1, 0.15) is 0 Å². The highest BCUT2D eigenvalue weighted by Crippen LogP contribution is 2.33. The number of rotatable bonds is 5. The quantitative estimate of drug-likeness (QED) is 0.848. The molecule has 3 nitrogen and oxygen atoms in total. The number of nitriles is 1. The summed E-state index contributed by atoms with van der Waals surface area (Å²) in [4.78, 5) is 0. The summed E-state index contributed by atoms with van der Waals surface area (Å²) >= 11 is 0. The van der Waals surface area contributed by atoms with Crippen LogP contribution in [0.2, 0.25) is 0 Å². The fourth-order valence-corrected chi connectivity index (χ4v) is 2.05. The van der Waals surface area contributed by atoms with Crippen LogP contribution in [0.4, 0.5) is 18.9 Å². The maximum absolute atomic E-state index is 12.7. The lowest BCUT2D eigenvalue weighted by atomic mass is 10.1. The van der Waals surface area contributed by atoms with E-state index in [-0.39, 0.29) is 0 Å². The molecule has 19 heavy (non-hydrogen) atoms. The van der Waals surface area contributed by atoms with Gasteiger partial charge in [-0.15, -0.1) is 0 Å². The summed E-state index contributed by atoms with van der Waals surface area (Å²) in [5.74, 6) is 0.495. The molecule has 1 atom stereocenters. The van der Waals surface area contributed by atoms with Crippen LogP contribution in [0, 0.1) is 11.3 Å². The summed E-state index contributed by atoms with van der Waals surface area (Å²) in [7, 11) is -0.910. The van der Waals surface area contributed by atoms with Gasteiger partial charge in [-0.3, -0.25) is 4.21 Å². The fourth-order valence-electron chi connectivity index (χ4n) is 1.49. The van der Waals surface area contributed by atoms with Crippen molar-refractivity contribution in [3.63, 3.8) is 0 Å². The Morgan fingerprint density at radius 3 is 2.63 bits per heavy atom. The lowest BCUT2D eigenvalue weighted by molar-refractivity contribution is -0.137. The first-order valence-electron chi connectivity index (χ1n) is 5.50. The van der Waals surface area contributed by atoms with Crippen molar-refractivity contribution in [2.45, 2.75) is 12.6 Å². The highest BCUT2D eigenvalue weighted by atomic mass is 32.2. The smallest absolute Gasteiger partial charge is 0.385 e. The molecule has 0 saturated carbocycles. The fraction of sp³-hybridized carbons (Fsp3) is 0.417. The minimum Gasteiger partial charge on any atom is -0.385 e. The van der Waals surface area contributed by atoms with E-state index in [2.05, 4.69) is 5.32 Å². The predicted octanol–water partition coefficient (Wildman–Crippen LogP) is 2.76. The molecule has 0 bridgehead atoms. The summed E-state index contributed by atoms with van der Waals surface area (Å²) < 4.78 is 48.9. The van der Waals surface area contributed by atoms with Gasteiger partial charge >= 0.3 is 6.18 Å². The number of anilines is 1. The first-order chi connectivity index (χ1) is 8.84. The molecule has 104 valence electrons. The summed E-state index contributed by atoms with van der Waals surface area (Å²) in [5.41, 5.74) is -1.04. The molecule has 0 saturated heterocycles. The first-order valence-corrected chi connectivity index (χ1v) is 7.22. The van der Waals surface area contributed by atoms with Gasteiger partial charge in [-0.05, 0) is 24.6 Å². The molecule has 1 aromatic rings. The molecule has 1 rings (SSSR count). The Bertz CT molecular complexity index is 509. The van der Waals surface area contributed by atoms with Crippen LogP contribution in [-0.4, -0.2) is 22.8 Å². The zero-order valence-corrected chi connectivity index (χ0v) is 11.1. The lowest BCUT2D eigenvalue weighted by Crippen LogP contribution is -2.10. The molecular formula is C12H13F3N2OS. The van der Waals surface area contributed by atoms with E-state index in [9.17, 15) is 17.4 Å². The van der Waals surface area contributed by atoms with Crippen LogP contribution in [0.3, 0.4) is 0 Å². The lowest BCUT2D eigenvalue weighted by Gasteiger charge is -2.12. The van der Waals surface area contributed by atoms with Gasteiger partial charge in [0.2, 0.25) is 0 Å². The molecule has 1 aromatic carbocycles. The van der Waals surface area contributed by atoms with Crippen LogP contribution in [-0.2, 0) is 17.0 Å². The largest absolute Gasteiger partial charge is 0.417 e. The van der Waals surface area contributed by atoms with Gasteiger partial charge in [0, 0.05) is 35.0 Å². The van der Waals surface area contributed by atoms with Crippen molar-refractivity contribution >= 4 is 16.5 Å². The average molecular weight is 290 g/mol. The number of halogens is 3. The number of nitrogens with one attached hydrogen (secondary N) is 1. The molecule has 1 unspecified atom stereocenters. The van der Waals surface area contributed by atoms with Crippen molar-refractivity contribution in [2.24, 2.45) is 0 Å². The average Bonchev–Trinajstić information content (AvgIpc) is 2.33. The van der Waals surface area contributed by atoms with Crippen molar-refractivity contribution in [2.75, 3.05) is 23.9 Å². The molecule has 0 radical (unpaired) electrons. The number of nitrogens with zero attached hydrogens (tertiary/aromatic N) is 1. The molecule has 0 fully saturated rings. The molecule has 0 amide bonds. The van der Waals surface area contributed by atoms with E-state index in [1.165, 1.54) is 12.1 Å².